The van der Waals surface area contributed by atoms with Gasteiger partial charge in [-0.3, -0.25) is 14.6 Å². The van der Waals surface area contributed by atoms with Crippen LogP contribution in [0.1, 0.15) is 35.8 Å². The molecule has 1 fully saturated rings. The number of carbonyl (C=O) groups excluding carboxylic acids is 1. The van der Waals surface area contributed by atoms with Crippen molar-refractivity contribution in [3.8, 4) is 0 Å². The summed E-state index contributed by atoms with van der Waals surface area (Å²) in [6.07, 6.45) is 2.36. The summed E-state index contributed by atoms with van der Waals surface area (Å²) in [6.45, 7) is 3.34. The Labute approximate surface area is 159 Å². The molecule has 0 radical (unpaired) electrons. The molecule has 7 heteroatoms. The summed E-state index contributed by atoms with van der Waals surface area (Å²) >= 11 is 0. The molecule has 7 nitrogen and oxygen atoms in total. The predicted octanol–water partition coefficient (Wildman–Crippen LogP) is 2.11. The van der Waals surface area contributed by atoms with Gasteiger partial charge in [0.2, 0.25) is 5.95 Å². The van der Waals surface area contributed by atoms with Gasteiger partial charge in [0.1, 0.15) is 0 Å². The highest BCUT2D eigenvalue weighted by Crippen LogP contribution is 2.19. The zero-order valence-electron chi connectivity index (χ0n) is 16.2. The van der Waals surface area contributed by atoms with Crippen LogP contribution in [0.25, 0.3) is 0 Å². The van der Waals surface area contributed by atoms with Gasteiger partial charge in [-0.1, -0.05) is 13.0 Å². The van der Waals surface area contributed by atoms with Crippen molar-refractivity contribution in [2.45, 2.75) is 32.2 Å². The molecule has 1 amide bonds. The van der Waals surface area contributed by atoms with Gasteiger partial charge in [0.05, 0.1) is 0 Å². The number of rotatable bonds is 5. The monoisotopic (exact) mass is 369 g/mol. The topological polar surface area (TPSA) is 81.3 Å². The first-order valence-corrected chi connectivity index (χ1v) is 9.39. The first-order valence-electron chi connectivity index (χ1n) is 9.39. The maximum Gasteiger partial charge on any atom is 0.253 e. The molecule has 0 saturated carbocycles. The zero-order chi connectivity index (χ0) is 19.4. The highest BCUT2D eigenvalue weighted by molar-refractivity contribution is 5.95. The normalized spacial score (nSPS) is 14.9. The molecule has 144 valence electrons. The Morgan fingerprint density at radius 3 is 2.70 bits per heavy atom. The van der Waals surface area contributed by atoms with E-state index < -0.39 is 0 Å². The number of amides is 1. The summed E-state index contributed by atoms with van der Waals surface area (Å²) in [5.74, 6) is 0.583. The number of benzene rings is 1. The van der Waals surface area contributed by atoms with Crippen molar-refractivity contribution >= 4 is 17.5 Å². The molecule has 1 aliphatic heterocycles. The largest absolute Gasteiger partial charge is 0.378 e. The predicted molar refractivity (Wildman–Crippen MR) is 108 cm³/mol. The molecule has 1 saturated heterocycles. The second-order valence-electron chi connectivity index (χ2n) is 7.09. The van der Waals surface area contributed by atoms with Crippen molar-refractivity contribution in [3.05, 3.63) is 51.9 Å². The third-order valence-corrected chi connectivity index (χ3v) is 4.89. The lowest BCUT2D eigenvalue weighted by Crippen LogP contribution is -2.42. The SMILES string of the molecule is CCc1cc(=O)[nH]c(NC2CCN(C(=O)c3cccc(N(C)C)c3)CC2)n1. The molecule has 0 bridgehead atoms. The van der Waals surface area contributed by atoms with Gasteiger partial charge < -0.3 is 15.1 Å². The van der Waals surface area contributed by atoms with Crippen molar-refractivity contribution in [1.29, 1.82) is 0 Å². The Balaban J connectivity index is 1.60. The van der Waals surface area contributed by atoms with E-state index in [-0.39, 0.29) is 17.5 Å². The molecule has 1 aliphatic rings. The van der Waals surface area contributed by atoms with E-state index in [9.17, 15) is 9.59 Å². The summed E-state index contributed by atoms with van der Waals surface area (Å²) < 4.78 is 0. The molecule has 2 N–H and O–H groups in total. The summed E-state index contributed by atoms with van der Waals surface area (Å²) in [5, 5.41) is 3.31. The average molecular weight is 369 g/mol. The first-order chi connectivity index (χ1) is 13.0. The van der Waals surface area contributed by atoms with Gasteiger partial charge in [-0.25, -0.2) is 4.98 Å². The lowest BCUT2D eigenvalue weighted by molar-refractivity contribution is 0.0718. The maximum absolute atomic E-state index is 12.8. The molecule has 0 aliphatic carbocycles. The molecule has 0 unspecified atom stereocenters. The standard InChI is InChI=1S/C20H27N5O2/c1-4-15-13-18(26)23-20(21-15)22-16-8-10-25(11-9-16)19(27)14-6-5-7-17(12-14)24(2)3/h5-7,12-13,16H,4,8-11H2,1-3H3,(H2,21,22,23,26). The lowest BCUT2D eigenvalue weighted by Gasteiger charge is -2.32. The van der Waals surface area contributed by atoms with E-state index >= 15 is 0 Å². The molecule has 2 aromatic rings. The molecule has 2 heterocycles. The molecular formula is C20H27N5O2. The van der Waals surface area contributed by atoms with Gasteiger partial charge in [0, 0.05) is 56.2 Å². The second-order valence-corrected chi connectivity index (χ2v) is 7.09. The van der Waals surface area contributed by atoms with Gasteiger partial charge >= 0.3 is 0 Å². The van der Waals surface area contributed by atoms with Gasteiger partial charge in [-0.15, -0.1) is 0 Å². The quantitative estimate of drug-likeness (QED) is 0.844. The minimum atomic E-state index is -0.141. The van der Waals surface area contributed by atoms with E-state index in [1.54, 1.807) is 0 Å². The number of nitrogens with zero attached hydrogens (tertiary/aromatic N) is 3. The number of piperidine rings is 1. The minimum absolute atomic E-state index is 0.0664. The fourth-order valence-corrected chi connectivity index (χ4v) is 3.28. The number of aryl methyl sites for hydroxylation is 1. The Kier molecular flexibility index (Phi) is 5.78. The Bertz CT molecular complexity index is 853. The van der Waals surface area contributed by atoms with Crippen LogP contribution in [-0.4, -0.2) is 54.0 Å². The van der Waals surface area contributed by atoms with Crippen LogP contribution in [0.15, 0.2) is 35.1 Å². The highest BCUT2D eigenvalue weighted by atomic mass is 16.2. The second kappa shape index (κ2) is 8.24. The summed E-state index contributed by atoms with van der Waals surface area (Å²) in [5.41, 5.74) is 2.37. The van der Waals surface area contributed by atoms with Gasteiger partial charge in [-0.05, 0) is 37.5 Å². The zero-order valence-corrected chi connectivity index (χ0v) is 16.2. The van der Waals surface area contributed by atoms with E-state index in [4.69, 9.17) is 0 Å². The molecule has 0 spiro atoms. The highest BCUT2D eigenvalue weighted by Gasteiger charge is 2.24. The van der Waals surface area contributed by atoms with Gasteiger partial charge in [0.25, 0.3) is 11.5 Å². The number of nitrogens with one attached hydrogen (secondary N) is 2. The van der Waals surface area contributed by atoms with Crippen molar-refractivity contribution in [2.24, 2.45) is 0 Å². The van der Waals surface area contributed by atoms with Crippen molar-refractivity contribution in [3.63, 3.8) is 0 Å². The number of hydrogen-bond acceptors (Lipinski definition) is 5. The van der Waals surface area contributed by atoms with E-state index in [1.165, 1.54) is 6.07 Å². The third kappa shape index (κ3) is 4.67. The summed E-state index contributed by atoms with van der Waals surface area (Å²) in [4.78, 5) is 35.5. The first kappa shape index (κ1) is 18.9. The molecule has 0 atom stereocenters. The third-order valence-electron chi connectivity index (χ3n) is 4.89. The van der Waals surface area contributed by atoms with Crippen molar-refractivity contribution in [1.82, 2.24) is 14.9 Å². The van der Waals surface area contributed by atoms with Crippen LogP contribution >= 0.6 is 0 Å². The maximum atomic E-state index is 12.8. The number of aromatic nitrogens is 2. The summed E-state index contributed by atoms with van der Waals surface area (Å²) in [6, 6.07) is 9.42. The lowest BCUT2D eigenvalue weighted by atomic mass is 10.0. The average Bonchev–Trinajstić information content (AvgIpc) is 2.67. The number of anilines is 2. The van der Waals surface area contributed by atoms with Crippen LogP contribution in [0.2, 0.25) is 0 Å². The number of aromatic amines is 1. The Morgan fingerprint density at radius 2 is 2.04 bits per heavy atom. The Morgan fingerprint density at radius 1 is 1.30 bits per heavy atom. The molecule has 27 heavy (non-hydrogen) atoms. The fraction of sp³-hybridized carbons (Fsp3) is 0.450. The van der Waals surface area contributed by atoms with Crippen molar-refractivity contribution < 1.29 is 4.79 Å². The van der Waals surface area contributed by atoms with E-state index in [0.717, 1.165) is 30.6 Å². The van der Waals surface area contributed by atoms with E-state index in [2.05, 4.69) is 15.3 Å². The van der Waals surface area contributed by atoms with Crippen LogP contribution < -0.4 is 15.8 Å². The molecular weight excluding hydrogens is 342 g/mol. The van der Waals surface area contributed by atoms with Crippen LogP contribution in [-0.2, 0) is 6.42 Å². The van der Waals surface area contributed by atoms with Crippen LogP contribution in [0.4, 0.5) is 11.6 Å². The minimum Gasteiger partial charge on any atom is -0.378 e. The number of H-pyrrole nitrogens is 1. The van der Waals surface area contributed by atoms with Gasteiger partial charge in [0.15, 0.2) is 0 Å². The number of likely N-dealkylation sites (tertiary alicyclic amines) is 1. The van der Waals surface area contributed by atoms with Crippen LogP contribution in [0.5, 0.6) is 0 Å². The fourth-order valence-electron chi connectivity index (χ4n) is 3.28. The van der Waals surface area contributed by atoms with E-state index in [1.807, 2.05) is 55.1 Å². The van der Waals surface area contributed by atoms with Crippen LogP contribution in [0, 0.1) is 0 Å². The molecule has 3 rings (SSSR count). The Hall–Kier alpha value is -2.83. The summed E-state index contributed by atoms with van der Waals surface area (Å²) in [7, 11) is 3.93. The molecule has 1 aromatic carbocycles. The molecule has 1 aromatic heterocycles. The van der Waals surface area contributed by atoms with Crippen LogP contribution in [0.3, 0.4) is 0 Å². The number of hydrogen-bond donors (Lipinski definition) is 2. The smallest absolute Gasteiger partial charge is 0.253 e. The number of carbonyl (C=O) groups is 1. The van der Waals surface area contributed by atoms with E-state index in [0.29, 0.717) is 24.6 Å². The van der Waals surface area contributed by atoms with Gasteiger partial charge in [-0.2, -0.15) is 0 Å². The van der Waals surface area contributed by atoms with Crippen molar-refractivity contribution in [2.75, 3.05) is 37.4 Å².